The molecule has 28 heavy (non-hydrogen) atoms. The summed E-state index contributed by atoms with van der Waals surface area (Å²) in [4.78, 5) is 35.3. The van der Waals surface area contributed by atoms with Gasteiger partial charge < -0.3 is 15.4 Å². The van der Waals surface area contributed by atoms with Gasteiger partial charge in [-0.2, -0.15) is 5.10 Å². The van der Waals surface area contributed by atoms with Crippen molar-refractivity contribution >= 4 is 34.8 Å². The molecule has 0 aliphatic carbocycles. The first kappa shape index (κ1) is 17.7. The summed E-state index contributed by atoms with van der Waals surface area (Å²) in [5.74, 6) is -1.17. The van der Waals surface area contributed by atoms with Crippen molar-refractivity contribution in [3.05, 3.63) is 53.3 Å². The van der Waals surface area contributed by atoms with Crippen LogP contribution in [0.3, 0.4) is 0 Å². The van der Waals surface area contributed by atoms with Crippen LogP contribution in [0.1, 0.15) is 17.5 Å². The van der Waals surface area contributed by atoms with E-state index in [2.05, 4.69) is 21.2 Å². The van der Waals surface area contributed by atoms with Crippen molar-refractivity contribution in [3.63, 3.8) is 0 Å². The van der Waals surface area contributed by atoms with Gasteiger partial charge >= 0.3 is 0 Å². The Hall–Kier alpha value is -3.75. The minimum absolute atomic E-state index is 0.0305. The molecule has 3 amide bonds. The van der Waals surface area contributed by atoms with E-state index in [1.807, 2.05) is 0 Å². The summed E-state index contributed by atoms with van der Waals surface area (Å²) < 4.78 is 18.8. The number of nitrogens with zero attached hydrogens (tertiary/aromatic N) is 1. The number of hydrazone groups is 1. The number of hydrogen-bond acceptors (Lipinski definition) is 5. The second kappa shape index (κ2) is 7.10. The van der Waals surface area contributed by atoms with Crippen LogP contribution in [-0.4, -0.2) is 30.0 Å². The molecule has 2 aromatic rings. The van der Waals surface area contributed by atoms with E-state index in [9.17, 15) is 18.8 Å². The van der Waals surface area contributed by atoms with E-state index in [0.717, 1.165) is 11.3 Å². The van der Waals surface area contributed by atoms with Crippen molar-refractivity contribution in [2.45, 2.75) is 12.8 Å². The Balaban J connectivity index is 1.38. The number of carbonyl (C=O) groups excluding carboxylic acids is 3. The molecule has 0 aromatic heterocycles. The standard InChI is InChI=1S/C19H15FN4O4/c20-11-2-4-15-13(8-11)18(19(27)22-15)24-23-17(26)9-28-12-3-5-14-10(7-12)1-6-16(25)21-14/h2-5,7-8H,1,6,9H2,(H,21,25)(H,23,26)(H,22,24,27). The lowest BCUT2D eigenvalue weighted by molar-refractivity contribution is -0.123. The number of hydrogen-bond donors (Lipinski definition) is 3. The zero-order valence-electron chi connectivity index (χ0n) is 14.5. The van der Waals surface area contributed by atoms with Gasteiger partial charge in [-0.25, -0.2) is 9.82 Å². The molecule has 8 nitrogen and oxygen atoms in total. The number of carbonyl (C=O) groups is 3. The SMILES string of the molecule is O=C(COc1ccc2c(c1)CCC(=O)N2)N/N=C1\C(=O)Nc2ccc(F)cc21. The molecule has 0 radical (unpaired) electrons. The predicted octanol–water partition coefficient (Wildman–Crippen LogP) is 1.56. The van der Waals surface area contributed by atoms with Crippen LogP contribution in [0.25, 0.3) is 0 Å². The number of ether oxygens (including phenoxy) is 1. The molecule has 9 heteroatoms. The molecule has 2 aromatic carbocycles. The first-order chi connectivity index (χ1) is 13.5. The van der Waals surface area contributed by atoms with Gasteiger partial charge in [-0.1, -0.05) is 0 Å². The zero-order chi connectivity index (χ0) is 19.7. The Morgan fingerprint density at radius 3 is 2.79 bits per heavy atom. The number of benzene rings is 2. The number of anilines is 2. The van der Waals surface area contributed by atoms with Crippen molar-refractivity contribution in [2.75, 3.05) is 17.2 Å². The van der Waals surface area contributed by atoms with Crippen molar-refractivity contribution in [2.24, 2.45) is 5.10 Å². The fourth-order valence-electron chi connectivity index (χ4n) is 2.99. The van der Waals surface area contributed by atoms with Crippen molar-refractivity contribution in [1.29, 1.82) is 0 Å². The van der Waals surface area contributed by atoms with E-state index in [0.29, 0.717) is 24.3 Å². The summed E-state index contributed by atoms with van der Waals surface area (Å²) >= 11 is 0. The number of halogens is 1. The maximum atomic E-state index is 13.4. The van der Waals surface area contributed by atoms with Gasteiger partial charge in [0.05, 0.1) is 5.69 Å². The van der Waals surface area contributed by atoms with Gasteiger partial charge in [0, 0.05) is 17.7 Å². The molecule has 2 aliphatic rings. The number of rotatable bonds is 4. The molecular formula is C19H15FN4O4. The first-order valence-corrected chi connectivity index (χ1v) is 8.53. The van der Waals surface area contributed by atoms with E-state index >= 15 is 0 Å². The molecule has 0 atom stereocenters. The monoisotopic (exact) mass is 382 g/mol. The second-order valence-corrected chi connectivity index (χ2v) is 6.30. The molecule has 0 fully saturated rings. The summed E-state index contributed by atoms with van der Waals surface area (Å²) in [6.45, 7) is -0.320. The smallest absolute Gasteiger partial charge is 0.277 e. The van der Waals surface area contributed by atoms with E-state index in [4.69, 9.17) is 4.74 Å². The van der Waals surface area contributed by atoms with Crippen LogP contribution in [0, 0.1) is 5.82 Å². The third kappa shape index (κ3) is 3.54. The van der Waals surface area contributed by atoms with Crippen molar-refractivity contribution in [1.82, 2.24) is 5.43 Å². The van der Waals surface area contributed by atoms with Crippen LogP contribution >= 0.6 is 0 Å². The van der Waals surface area contributed by atoms with Crippen LogP contribution in [0.15, 0.2) is 41.5 Å². The van der Waals surface area contributed by atoms with Crippen LogP contribution in [-0.2, 0) is 20.8 Å². The summed E-state index contributed by atoms with van der Waals surface area (Å²) in [6.07, 6.45) is 1.00. The average molecular weight is 382 g/mol. The number of nitrogens with one attached hydrogen (secondary N) is 3. The van der Waals surface area contributed by atoms with Gasteiger partial charge in [0.15, 0.2) is 12.3 Å². The molecule has 2 heterocycles. The normalized spacial score (nSPS) is 16.1. The Kier molecular flexibility index (Phi) is 4.48. The minimum atomic E-state index is -0.573. The number of aryl methyl sites for hydroxylation is 1. The Labute approximate surface area is 158 Å². The third-order valence-corrected chi connectivity index (χ3v) is 4.33. The quantitative estimate of drug-likeness (QED) is 0.697. The lowest BCUT2D eigenvalue weighted by Gasteiger charge is -2.17. The Morgan fingerprint density at radius 1 is 1.11 bits per heavy atom. The van der Waals surface area contributed by atoms with Crippen molar-refractivity contribution in [3.8, 4) is 5.75 Å². The van der Waals surface area contributed by atoms with Gasteiger partial charge in [-0.15, -0.1) is 0 Å². The van der Waals surface area contributed by atoms with E-state index < -0.39 is 17.6 Å². The molecule has 0 spiro atoms. The fraction of sp³-hybridized carbons (Fsp3) is 0.158. The van der Waals surface area contributed by atoms with Crippen LogP contribution in [0.2, 0.25) is 0 Å². The van der Waals surface area contributed by atoms with Gasteiger partial charge in [0.25, 0.3) is 11.8 Å². The van der Waals surface area contributed by atoms with Crippen LogP contribution in [0.4, 0.5) is 15.8 Å². The lowest BCUT2D eigenvalue weighted by atomic mass is 10.0. The fourth-order valence-corrected chi connectivity index (χ4v) is 2.99. The number of fused-ring (bicyclic) bond motifs is 2. The molecule has 0 bridgehead atoms. The van der Waals surface area contributed by atoms with E-state index in [-0.39, 0.29) is 23.8 Å². The highest BCUT2D eigenvalue weighted by atomic mass is 19.1. The van der Waals surface area contributed by atoms with Gasteiger partial charge in [-0.05, 0) is 48.4 Å². The topological polar surface area (TPSA) is 109 Å². The second-order valence-electron chi connectivity index (χ2n) is 6.30. The highest BCUT2D eigenvalue weighted by Crippen LogP contribution is 2.27. The third-order valence-electron chi connectivity index (χ3n) is 4.33. The number of amides is 3. The summed E-state index contributed by atoms with van der Waals surface area (Å²) in [6, 6.07) is 8.94. The van der Waals surface area contributed by atoms with Gasteiger partial charge in [0.1, 0.15) is 11.6 Å². The Morgan fingerprint density at radius 2 is 1.93 bits per heavy atom. The maximum absolute atomic E-state index is 13.4. The van der Waals surface area contributed by atoms with Gasteiger partial charge in [0.2, 0.25) is 5.91 Å². The average Bonchev–Trinajstić information content (AvgIpc) is 2.99. The molecule has 0 saturated carbocycles. The highest BCUT2D eigenvalue weighted by Gasteiger charge is 2.26. The summed E-state index contributed by atoms with van der Waals surface area (Å²) in [5.41, 5.74) is 4.53. The van der Waals surface area contributed by atoms with E-state index in [1.54, 1.807) is 18.2 Å². The molecule has 4 rings (SSSR count). The Bertz CT molecular complexity index is 1030. The van der Waals surface area contributed by atoms with Crippen LogP contribution < -0.4 is 20.8 Å². The van der Waals surface area contributed by atoms with Crippen molar-refractivity contribution < 1.29 is 23.5 Å². The largest absolute Gasteiger partial charge is 0.484 e. The molecule has 2 aliphatic heterocycles. The molecule has 142 valence electrons. The van der Waals surface area contributed by atoms with Gasteiger partial charge in [-0.3, -0.25) is 14.4 Å². The first-order valence-electron chi connectivity index (χ1n) is 8.53. The predicted molar refractivity (Wildman–Crippen MR) is 98.6 cm³/mol. The minimum Gasteiger partial charge on any atom is -0.484 e. The lowest BCUT2D eigenvalue weighted by Crippen LogP contribution is -2.27. The molecule has 0 saturated heterocycles. The summed E-state index contributed by atoms with van der Waals surface area (Å²) in [7, 11) is 0. The molecular weight excluding hydrogens is 367 g/mol. The zero-order valence-corrected chi connectivity index (χ0v) is 14.5. The molecule has 0 unspecified atom stereocenters. The summed E-state index contributed by atoms with van der Waals surface area (Å²) in [5, 5.41) is 9.09. The highest BCUT2D eigenvalue weighted by molar-refractivity contribution is 6.53. The van der Waals surface area contributed by atoms with E-state index in [1.165, 1.54) is 18.2 Å². The van der Waals surface area contributed by atoms with Crippen LogP contribution in [0.5, 0.6) is 5.75 Å². The maximum Gasteiger partial charge on any atom is 0.277 e. The molecule has 3 N–H and O–H groups in total.